The molecule has 0 aliphatic rings. The van der Waals surface area contributed by atoms with Gasteiger partial charge in [-0.15, -0.1) is 0 Å². The Hall–Kier alpha value is -2.25. The van der Waals surface area contributed by atoms with Crippen LogP contribution in [-0.2, 0) is 4.79 Å². The van der Waals surface area contributed by atoms with Gasteiger partial charge in [0.2, 0.25) is 5.91 Å². The van der Waals surface area contributed by atoms with Gasteiger partial charge in [0.25, 0.3) is 0 Å². The minimum Gasteiger partial charge on any atom is -0.448 e. The number of carbonyl (C=O) groups excluding carboxylic acids is 1. The SMILES string of the molecule is Cc1ccc2oc(C#CCNC(=O)CN)cc2c1. The second-order valence-electron chi connectivity index (χ2n) is 3.93. The van der Waals surface area contributed by atoms with Gasteiger partial charge in [0.1, 0.15) is 5.58 Å². The highest BCUT2D eigenvalue weighted by Gasteiger charge is 2.00. The Labute approximate surface area is 105 Å². The molecule has 1 aromatic carbocycles. The number of benzene rings is 1. The lowest BCUT2D eigenvalue weighted by atomic mass is 10.2. The van der Waals surface area contributed by atoms with Crippen molar-refractivity contribution >= 4 is 16.9 Å². The number of nitrogens with one attached hydrogen (secondary N) is 1. The molecule has 0 radical (unpaired) electrons. The van der Waals surface area contributed by atoms with E-state index in [1.165, 1.54) is 5.56 Å². The monoisotopic (exact) mass is 242 g/mol. The molecule has 3 N–H and O–H groups in total. The minimum absolute atomic E-state index is 0.0222. The second kappa shape index (κ2) is 5.39. The van der Waals surface area contributed by atoms with Crippen molar-refractivity contribution in [2.45, 2.75) is 6.92 Å². The zero-order chi connectivity index (χ0) is 13.0. The van der Waals surface area contributed by atoms with Crippen LogP contribution in [0.3, 0.4) is 0 Å². The summed E-state index contributed by atoms with van der Waals surface area (Å²) >= 11 is 0. The molecule has 1 amide bonds. The van der Waals surface area contributed by atoms with E-state index in [-0.39, 0.29) is 19.0 Å². The predicted octanol–water partition coefficient (Wildman–Crippen LogP) is 1.17. The summed E-state index contributed by atoms with van der Waals surface area (Å²) in [6.45, 7) is 2.28. The van der Waals surface area contributed by atoms with E-state index in [1.54, 1.807) is 0 Å². The molecular weight excluding hydrogens is 228 g/mol. The summed E-state index contributed by atoms with van der Waals surface area (Å²) in [6.07, 6.45) is 0. The van der Waals surface area contributed by atoms with Gasteiger partial charge in [-0.05, 0) is 25.0 Å². The molecular formula is C14H14N2O2. The molecule has 0 spiro atoms. The van der Waals surface area contributed by atoms with Crippen LogP contribution in [0, 0.1) is 18.8 Å². The van der Waals surface area contributed by atoms with Crippen LogP contribution in [0.25, 0.3) is 11.0 Å². The van der Waals surface area contributed by atoms with Crippen molar-refractivity contribution in [2.75, 3.05) is 13.1 Å². The number of nitrogens with two attached hydrogens (primary N) is 1. The van der Waals surface area contributed by atoms with Crippen molar-refractivity contribution in [3.05, 3.63) is 35.6 Å². The molecule has 0 aliphatic carbocycles. The number of fused-ring (bicyclic) bond motifs is 1. The Balaban J connectivity index is 2.08. The van der Waals surface area contributed by atoms with Crippen molar-refractivity contribution in [3.63, 3.8) is 0 Å². The van der Waals surface area contributed by atoms with Crippen LogP contribution in [-0.4, -0.2) is 19.0 Å². The predicted molar refractivity (Wildman–Crippen MR) is 69.9 cm³/mol. The average Bonchev–Trinajstić information content (AvgIpc) is 2.76. The fourth-order valence-electron chi connectivity index (χ4n) is 1.57. The summed E-state index contributed by atoms with van der Waals surface area (Å²) < 4.78 is 5.55. The fourth-order valence-corrected chi connectivity index (χ4v) is 1.57. The lowest BCUT2D eigenvalue weighted by molar-refractivity contribution is -0.119. The van der Waals surface area contributed by atoms with E-state index in [1.807, 2.05) is 31.2 Å². The molecule has 1 heterocycles. The van der Waals surface area contributed by atoms with Gasteiger partial charge < -0.3 is 15.5 Å². The van der Waals surface area contributed by atoms with Crippen molar-refractivity contribution in [3.8, 4) is 11.8 Å². The van der Waals surface area contributed by atoms with Gasteiger partial charge in [-0.3, -0.25) is 4.79 Å². The van der Waals surface area contributed by atoms with Crippen LogP contribution in [0.5, 0.6) is 0 Å². The van der Waals surface area contributed by atoms with Crippen molar-refractivity contribution in [1.29, 1.82) is 0 Å². The molecule has 92 valence electrons. The van der Waals surface area contributed by atoms with Crippen LogP contribution in [0.4, 0.5) is 0 Å². The van der Waals surface area contributed by atoms with E-state index in [2.05, 4.69) is 17.2 Å². The van der Waals surface area contributed by atoms with Crippen LogP contribution >= 0.6 is 0 Å². The molecule has 0 fully saturated rings. The van der Waals surface area contributed by atoms with Crippen molar-refractivity contribution in [1.82, 2.24) is 5.32 Å². The standard InChI is InChI=1S/C14H14N2O2/c1-10-4-5-13-11(7-10)8-12(18-13)3-2-6-16-14(17)9-15/h4-5,7-8H,6,9,15H2,1H3,(H,16,17). The summed E-state index contributed by atoms with van der Waals surface area (Å²) in [7, 11) is 0. The van der Waals surface area contributed by atoms with E-state index < -0.39 is 0 Å². The molecule has 0 unspecified atom stereocenters. The van der Waals surface area contributed by atoms with Gasteiger partial charge in [0.05, 0.1) is 13.1 Å². The highest BCUT2D eigenvalue weighted by Crippen LogP contribution is 2.19. The third-order valence-corrected chi connectivity index (χ3v) is 2.44. The van der Waals surface area contributed by atoms with Gasteiger partial charge in [-0.1, -0.05) is 17.6 Å². The largest absolute Gasteiger partial charge is 0.448 e. The molecule has 0 aliphatic heterocycles. The minimum atomic E-state index is -0.218. The number of hydrogen-bond donors (Lipinski definition) is 2. The lowest BCUT2D eigenvalue weighted by Gasteiger charge is -1.94. The van der Waals surface area contributed by atoms with Gasteiger partial charge in [-0.25, -0.2) is 0 Å². The number of carbonyl (C=O) groups is 1. The van der Waals surface area contributed by atoms with E-state index >= 15 is 0 Å². The third-order valence-electron chi connectivity index (χ3n) is 2.44. The Morgan fingerprint density at radius 3 is 3.06 bits per heavy atom. The van der Waals surface area contributed by atoms with Crippen LogP contribution in [0.1, 0.15) is 11.3 Å². The lowest BCUT2D eigenvalue weighted by Crippen LogP contribution is -2.30. The molecule has 0 saturated carbocycles. The normalized spacial score (nSPS) is 9.89. The molecule has 18 heavy (non-hydrogen) atoms. The highest BCUT2D eigenvalue weighted by molar-refractivity contribution is 5.79. The highest BCUT2D eigenvalue weighted by atomic mass is 16.3. The Bertz CT molecular complexity index is 632. The first-order valence-electron chi connectivity index (χ1n) is 5.65. The van der Waals surface area contributed by atoms with Gasteiger partial charge in [-0.2, -0.15) is 0 Å². The van der Waals surface area contributed by atoms with Gasteiger partial charge in [0.15, 0.2) is 5.76 Å². The maximum atomic E-state index is 10.9. The molecule has 4 heteroatoms. The van der Waals surface area contributed by atoms with Gasteiger partial charge in [0, 0.05) is 11.5 Å². The quantitative estimate of drug-likeness (QED) is 0.777. The van der Waals surface area contributed by atoms with Crippen molar-refractivity contribution < 1.29 is 9.21 Å². The van der Waals surface area contributed by atoms with E-state index in [0.29, 0.717) is 5.76 Å². The average molecular weight is 242 g/mol. The summed E-state index contributed by atoms with van der Waals surface area (Å²) in [6, 6.07) is 7.84. The zero-order valence-electron chi connectivity index (χ0n) is 10.1. The summed E-state index contributed by atoms with van der Waals surface area (Å²) in [4.78, 5) is 10.9. The molecule has 0 saturated heterocycles. The Morgan fingerprint density at radius 2 is 2.28 bits per heavy atom. The number of amides is 1. The summed E-state index contributed by atoms with van der Waals surface area (Å²) in [5.74, 6) is 6.05. The Kier molecular flexibility index (Phi) is 3.66. The van der Waals surface area contributed by atoms with E-state index in [9.17, 15) is 4.79 Å². The molecule has 0 bridgehead atoms. The van der Waals surface area contributed by atoms with Crippen LogP contribution in [0.2, 0.25) is 0 Å². The third kappa shape index (κ3) is 2.90. The maximum Gasteiger partial charge on any atom is 0.234 e. The Morgan fingerprint density at radius 1 is 1.44 bits per heavy atom. The second-order valence-corrected chi connectivity index (χ2v) is 3.93. The number of rotatable bonds is 2. The topological polar surface area (TPSA) is 68.3 Å². The summed E-state index contributed by atoms with van der Waals surface area (Å²) in [5, 5.41) is 3.60. The van der Waals surface area contributed by atoms with Crippen LogP contribution in [0.15, 0.2) is 28.7 Å². The molecule has 1 aromatic heterocycles. The van der Waals surface area contributed by atoms with Crippen LogP contribution < -0.4 is 11.1 Å². The first-order valence-corrected chi connectivity index (χ1v) is 5.65. The van der Waals surface area contributed by atoms with Gasteiger partial charge >= 0.3 is 0 Å². The molecule has 0 atom stereocenters. The molecule has 2 aromatic rings. The zero-order valence-corrected chi connectivity index (χ0v) is 10.1. The first-order chi connectivity index (χ1) is 8.69. The fraction of sp³-hybridized carbons (Fsp3) is 0.214. The maximum absolute atomic E-state index is 10.9. The first kappa shape index (κ1) is 12.2. The number of aryl methyl sites for hydroxylation is 1. The van der Waals surface area contributed by atoms with E-state index in [0.717, 1.165) is 11.0 Å². The number of hydrogen-bond acceptors (Lipinski definition) is 3. The smallest absolute Gasteiger partial charge is 0.234 e. The summed E-state index contributed by atoms with van der Waals surface area (Å²) in [5.41, 5.74) is 7.15. The molecule has 2 rings (SSSR count). The molecule has 4 nitrogen and oxygen atoms in total. The van der Waals surface area contributed by atoms with E-state index in [4.69, 9.17) is 10.2 Å². The number of furan rings is 1. The van der Waals surface area contributed by atoms with Crippen molar-refractivity contribution in [2.24, 2.45) is 5.73 Å².